The highest BCUT2D eigenvalue weighted by Crippen LogP contribution is 2.46. The largest absolute Gasteiger partial charge is 0.506 e. The van der Waals surface area contributed by atoms with E-state index in [1.165, 1.54) is 31.3 Å². The standard InChI is InChI=1S/C25H18Cl2F3N3O3/c1-31-24(35)20-11-19(32-33-20)16-7-9-21(36-12-13-2-5-15(26)6-3-13)22(23(16)34)14-4-8-18(27)17(10-14)25(28,29)30/h2-11,34H,12H2,1H3,(H,31,35)(H,32,33). The van der Waals surface area contributed by atoms with Crippen molar-refractivity contribution in [2.24, 2.45) is 0 Å². The summed E-state index contributed by atoms with van der Waals surface area (Å²) in [6.07, 6.45) is -4.71. The average molecular weight is 536 g/mol. The van der Waals surface area contributed by atoms with E-state index in [0.29, 0.717) is 5.02 Å². The Morgan fingerprint density at radius 2 is 1.81 bits per heavy atom. The first kappa shape index (κ1) is 25.4. The number of amides is 1. The number of aromatic nitrogens is 2. The first-order chi connectivity index (χ1) is 17.1. The quantitative estimate of drug-likeness (QED) is 0.256. The smallest absolute Gasteiger partial charge is 0.417 e. The minimum Gasteiger partial charge on any atom is -0.506 e. The second-order valence-electron chi connectivity index (χ2n) is 7.69. The summed E-state index contributed by atoms with van der Waals surface area (Å²) in [6, 6.07) is 14.6. The first-order valence-corrected chi connectivity index (χ1v) is 11.2. The van der Waals surface area contributed by atoms with Gasteiger partial charge in [0.1, 0.15) is 23.8 Å². The van der Waals surface area contributed by atoms with Crippen LogP contribution in [0, 0.1) is 0 Å². The molecule has 186 valence electrons. The summed E-state index contributed by atoms with van der Waals surface area (Å²) in [7, 11) is 1.45. The summed E-state index contributed by atoms with van der Waals surface area (Å²) in [6.45, 7) is 0.0614. The number of nitrogens with one attached hydrogen (secondary N) is 2. The highest BCUT2D eigenvalue weighted by Gasteiger charge is 2.34. The second-order valence-corrected chi connectivity index (χ2v) is 8.53. The van der Waals surface area contributed by atoms with Gasteiger partial charge in [0.25, 0.3) is 5.91 Å². The van der Waals surface area contributed by atoms with Crippen LogP contribution in [0.25, 0.3) is 22.4 Å². The SMILES string of the molecule is CNC(=O)c1cc(-c2ccc(OCc3ccc(Cl)cc3)c(-c3ccc(Cl)c(C(F)(F)F)c3)c2O)n[nH]1. The van der Waals surface area contributed by atoms with Crippen molar-refractivity contribution >= 4 is 29.1 Å². The van der Waals surface area contributed by atoms with E-state index in [4.69, 9.17) is 27.9 Å². The number of hydrogen-bond donors (Lipinski definition) is 3. The number of aromatic amines is 1. The molecule has 0 atom stereocenters. The average Bonchev–Trinajstić information content (AvgIpc) is 3.33. The molecule has 6 nitrogen and oxygen atoms in total. The molecule has 1 aromatic heterocycles. The Kier molecular flexibility index (Phi) is 7.14. The molecule has 3 N–H and O–H groups in total. The van der Waals surface area contributed by atoms with Gasteiger partial charge in [-0.05, 0) is 53.6 Å². The lowest BCUT2D eigenvalue weighted by Crippen LogP contribution is -2.17. The molecular formula is C25H18Cl2F3N3O3. The molecule has 4 rings (SSSR count). The van der Waals surface area contributed by atoms with Crippen molar-refractivity contribution < 1.29 is 27.8 Å². The van der Waals surface area contributed by atoms with E-state index in [0.717, 1.165) is 17.7 Å². The summed E-state index contributed by atoms with van der Waals surface area (Å²) in [5, 5.41) is 20.3. The Hall–Kier alpha value is -3.69. The molecule has 1 amide bonds. The molecule has 1 heterocycles. The van der Waals surface area contributed by atoms with Crippen LogP contribution >= 0.6 is 23.2 Å². The van der Waals surface area contributed by atoms with Crippen molar-refractivity contribution in [1.29, 1.82) is 0 Å². The van der Waals surface area contributed by atoms with Gasteiger partial charge in [-0.3, -0.25) is 9.89 Å². The third-order valence-electron chi connectivity index (χ3n) is 5.33. The van der Waals surface area contributed by atoms with Gasteiger partial charge in [0.2, 0.25) is 0 Å². The number of carbonyl (C=O) groups is 1. The number of benzene rings is 3. The lowest BCUT2D eigenvalue weighted by molar-refractivity contribution is -0.137. The molecule has 11 heteroatoms. The Morgan fingerprint density at radius 1 is 1.08 bits per heavy atom. The Balaban J connectivity index is 1.83. The number of hydrogen-bond acceptors (Lipinski definition) is 4. The molecule has 3 aromatic carbocycles. The minimum atomic E-state index is -4.71. The van der Waals surface area contributed by atoms with Gasteiger partial charge < -0.3 is 15.2 Å². The first-order valence-electron chi connectivity index (χ1n) is 10.5. The summed E-state index contributed by atoms with van der Waals surface area (Å²) in [5.74, 6) is -0.679. The number of aromatic hydroxyl groups is 1. The fraction of sp³-hybridized carbons (Fsp3) is 0.120. The van der Waals surface area contributed by atoms with Crippen LogP contribution < -0.4 is 10.1 Å². The zero-order valence-electron chi connectivity index (χ0n) is 18.6. The van der Waals surface area contributed by atoms with E-state index in [1.807, 2.05) is 0 Å². The summed E-state index contributed by atoms with van der Waals surface area (Å²) in [4.78, 5) is 11.9. The molecule has 0 saturated heterocycles. The van der Waals surface area contributed by atoms with Crippen molar-refractivity contribution in [1.82, 2.24) is 15.5 Å². The highest BCUT2D eigenvalue weighted by molar-refractivity contribution is 6.31. The molecule has 0 aliphatic carbocycles. The number of halogens is 5. The maximum absolute atomic E-state index is 13.6. The van der Waals surface area contributed by atoms with Gasteiger partial charge in [0.15, 0.2) is 0 Å². The van der Waals surface area contributed by atoms with E-state index in [2.05, 4.69) is 15.5 Å². The minimum absolute atomic E-state index is 0.00752. The lowest BCUT2D eigenvalue weighted by Gasteiger charge is -2.17. The maximum atomic E-state index is 13.6. The maximum Gasteiger partial charge on any atom is 0.417 e. The van der Waals surface area contributed by atoms with Crippen molar-refractivity contribution in [2.45, 2.75) is 12.8 Å². The molecule has 0 bridgehead atoms. The Bertz CT molecular complexity index is 1420. The van der Waals surface area contributed by atoms with Gasteiger partial charge in [0.05, 0.1) is 21.8 Å². The van der Waals surface area contributed by atoms with Crippen LogP contribution in [0.5, 0.6) is 11.5 Å². The summed E-state index contributed by atoms with van der Waals surface area (Å²) < 4.78 is 46.6. The number of phenols is 1. The second kappa shape index (κ2) is 10.1. The van der Waals surface area contributed by atoms with Crippen LogP contribution in [0.3, 0.4) is 0 Å². The third-order valence-corrected chi connectivity index (χ3v) is 5.91. The molecule has 4 aromatic rings. The summed E-state index contributed by atoms with van der Waals surface area (Å²) in [5.41, 5.74) is 0.260. The monoisotopic (exact) mass is 535 g/mol. The van der Waals surface area contributed by atoms with Gasteiger partial charge in [-0.1, -0.05) is 41.4 Å². The number of phenolic OH excluding ortho intramolecular Hbond substituents is 1. The Labute approximate surface area is 213 Å². The normalized spacial score (nSPS) is 11.4. The molecule has 0 unspecified atom stereocenters. The number of H-pyrrole nitrogens is 1. The van der Waals surface area contributed by atoms with Crippen molar-refractivity contribution in [2.75, 3.05) is 7.05 Å². The number of ether oxygens (including phenoxy) is 1. The molecule has 0 aliphatic rings. The predicted molar refractivity (Wildman–Crippen MR) is 130 cm³/mol. The van der Waals surface area contributed by atoms with Crippen LogP contribution in [-0.4, -0.2) is 28.3 Å². The fourth-order valence-corrected chi connectivity index (χ4v) is 3.88. The zero-order valence-corrected chi connectivity index (χ0v) is 20.1. The van der Waals surface area contributed by atoms with E-state index >= 15 is 0 Å². The van der Waals surface area contributed by atoms with Crippen LogP contribution in [0.1, 0.15) is 21.6 Å². The van der Waals surface area contributed by atoms with Crippen LogP contribution in [0.15, 0.2) is 60.7 Å². The number of nitrogens with zero attached hydrogens (tertiary/aromatic N) is 1. The highest BCUT2D eigenvalue weighted by atomic mass is 35.5. The van der Waals surface area contributed by atoms with E-state index in [1.54, 1.807) is 24.3 Å². The number of alkyl halides is 3. The van der Waals surface area contributed by atoms with Crippen molar-refractivity contribution in [3.63, 3.8) is 0 Å². The lowest BCUT2D eigenvalue weighted by atomic mass is 9.97. The number of rotatable bonds is 6. The van der Waals surface area contributed by atoms with Crippen molar-refractivity contribution in [3.8, 4) is 33.9 Å². The van der Waals surface area contributed by atoms with Crippen molar-refractivity contribution in [3.05, 3.63) is 87.5 Å². The molecular weight excluding hydrogens is 518 g/mol. The molecule has 36 heavy (non-hydrogen) atoms. The van der Waals surface area contributed by atoms with Crippen LogP contribution in [-0.2, 0) is 12.8 Å². The van der Waals surface area contributed by atoms with E-state index < -0.39 is 22.7 Å². The molecule has 0 aliphatic heterocycles. The number of carbonyl (C=O) groups excluding carboxylic acids is 1. The molecule has 0 saturated carbocycles. The van der Waals surface area contributed by atoms with Gasteiger partial charge in [-0.15, -0.1) is 0 Å². The summed E-state index contributed by atoms with van der Waals surface area (Å²) >= 11 is 11.7. The van der Waals surface area contributed by atoms with Gasteiger partial charge >= 0.3 is 6.18 Å². The van der Waals surface area contributed by atoms with Gasteiger partial charge in [-0.25, -0.2) is 0 Å². The fourth-order valence-electron chi connectivity index (χ4n) is 3.53. The predicted octanol–water partition coefficient (Wildman–Crippen LogP) is 6.71. The van der Waals surface area contributed by atoms with E-state index in [-0.39, 0.29) is 46.2 Å². The Morgan fingerprint density at radius 3 is 2.47 bits per heavy atom. The van der Waals surface area contributed by atoms with E-state index in [9.17, 15) is 23.1 Å². The van der Waals surface area contributed by atoms with Gasteiger partial charge in [-0.2, -0.15) is 18.3 Å². The third kappa shape index (κ3) is 5.27. The molecule has 0 fully saturated rings. The molecule has 0 radical (unpaired) electrons. The van der Waals surface area contributed by atoms with Crippen LogP contribution in [0.2, 0.25) is 10.0 Å². The van der Waals surface area contributed by atoms with Crippen LogP contribution in [0.4, 0.5) is 13.2 Å². The zero-order chi connectivity index (χ0) is 26.0. The molecule has 0 spiro atoms. The topological polar surface area (TPSA) is 87.2 Å². The van der Waals surface area contributed by atoms with Gasteiger partial charge in [0, 0.05) is 17.6 Å².